The van der Waals surface area contributed by atoms with Gasteiger partial charge in [-0.25, -0.2) is 4.79 Å². The van der Waals surface area contributed by atoms with E-state index in [2.05, 4.69) is 0 Å². The van der Waals surface area contributed by atoms with Gasteiger partial charge in [0.25, 0.3) is 0 Å². The number of benzene rings is 1. The van der Waals surface area contributed by atoms with Crippen LogP contribution in [0.3, 0.4) is 0 Å². The molecule has 0 fully saturated rings. The first-order chi connectivity index (χ1) is 8.58. The monoisotopic (exact) mass is 246 g/mol. The highest BCUT2D eigenvalue weighted by atomic mass is 16.6. The number of ether oxygens (including phenoxy) is 2. The second kappa shape index (κ2) is 6.89. The molecule has 0 saturated carbocycles. The molecule has 94 valence electrons. The fourth-order valence-electron chi connectivity index (χ4n) is 1.52. The van der Waals surface area contributed by atoms with Crippen molar-refractivity contribution < 1.29 is 19.1 Å². The SMILES string of the molecule is BCC(=O)c1cc(B)ccc1OCC(=O)OCC. The van der Waals surface area contributed by atoms with Crippen molar-refractivity contribution in [1.29, 1.82) is 0 Å². The zero-order valence-corrected chi connectivity index (χ0v) is 11.0. The van der Waals surface area contributed by atoms with Gasteiger partial charge in [0.15, 0.2) is 12.4 Å². The Balaban J connectivity index is 2.81. The first-order valence-electron chi connectivity index (χ1n) is 6.00. The lowest BCUT2D eigenvalue weighted by molar-refractivity contribution is -0.145. The van der Waals surface area contributed by atoms with Gasteiger partial charge in [-0.2, -0.15) is 0 Å². The quantitative estimate of drug-likeness (QED) is 0.371. The molecule has 1 aromatic rings. The summed E-state index contributed by atoms with van der Waals surface area (Å²) in [7, 11) is 3.70. The molecule has 1 rings (SSSR count). The van der Waals surface area contributed by atoms with Crippen LogP contribution in [-0.2, 0) is 9.53 Å². The molecule has 0 radical (unpaired) electrons. The molecule has 1 aromatic carbocycles. The third kappa shape index (κ3) is 3.95. The van der Waals surface area contributed by atoms with E-state index in [1.807, 2.05) is 13.9 Å². The minimum absolute atomic E-state index is 0.00226. The van der Waals surface area contributed by atoms with Crippen molar-refractivity contribution in [3.63, 3.8) is 0 Å². The number of ketones is 1. The molecule has 0 bridgehead atoms. The average Bonchev–Trinajstić information content (AvgIpc) is 2.36. The summed E-state index contributed by atoms with van der Waals surface area (Å²) in [5.41, 5.74) is 1.50. The predicted octanol–water partition coefficient (Wildman–Crippen LogP) is -0.879. The molecule has 0 aromatic heterocycles. The first-order valence-corrected chi connectivity index (χ1v) is 6.00. The van der Waals surface area contributed by atoms with E-state index in [0.717, 1.165) is 5.46 Å². The van der Waals surface area contributed by atoms with Gasteiger partial charge in [-0.3, -0.25) is 4.79 Å². The van der Waals surface area contributed by atoms with Gasteiger partial charge in [0.05, 0.1) is 12.2 Å². The maximum absolute atomic E-state index is 11.8. The van der Waals surface area contributed by atoms with E-state index in [9.17, 15) is 9.59 Å². The van der Waals surface area contributed by atoms with E-state index in [0.29, 0.717) is 24.2 Å². The van der Waals surface area contributed by atoms with Gasteiger partial charge in [-0.15, -0.1) is 0 Å². The van der Waals surface area contributed by atoms with Crippen LogP contribution in [0.25, 0.3) is 0 Å². The minimum atomic E-state index is -0.437. The van der Waals surface area contributed by atoms with E-state index in [1.165, 1.54) is 0 Å². The van der Waals surface area contributed by atoms with Gasteiger partial charge in [-0.1, -0.05) is 17.6 Å². The van der Waals surface area contributed by atoms with Crippen LogP contribution in [0.5, 0.6) is 5.75 Å². The lowest BCUT2D eigenvalue weighted by Crippen LogP contribution is -2.17. The maximum Gasteiger partial charge on any atom is 0.344 e. The Hall–Kier alpha value is -1.71. The summed E-state index contributed by atoms with van der Waals surface area (Å²) in [4.78, 5) is 23.0. The van der Waals surface area contributed by atoms with E-state index >= 15 is 0 Å². The summed E-state index contributed by atoms with van der Waals surface area (Å²) in [6.07, 6.45) is 0.402. The fraction of sp³-hybridized carbons (Fsp3) is 0.333. The summed E-state index contributed by atoms with van der Waals surface area (Å²) in [6, 6.07) is 5.32. The molecule has 0 heterocycles. The summed E-state index contributed by atoms with van der Waals surface area (Å²) in [6.45, 7) is 1.87. The molecular formula is C12H16B2O4. The van der Waals surface area contributed by atoms with Crippen LogP contribution < -0.4 is 10.2 Å². The Kier molecular flexibility index (Phi) is 5.49. The van der Waals surface area contributed by atoms with Gasteiger partial charge in [0.2, 0.25) is 0 Å². The molecule has 0 aliphatic carbocycles. The lowest BCUT2D eigenvalue weighted by Gasteiger charge is -2.10. The molecule has 6 heteroatoms. The molecule has 0 saturated heterocycles. The van der Waals surface area contributed by atoms with Crippen molar-refractivity contribution >= 4 is 32.9 Å². The van der Waals surface area contributed by atoms with Gasteiger partial charge in [-0.05, 0) is 19.3 Å². The van der Waals surface area contributed by atoms with E-state index < -0.39 is 5.97 Å². The second-order valence-electron chi connectivity index (χ2n) is 3.87. The molecule has 0 atom stereocenters. The number of rotatable bonds is 6. The van der Waals surface area contributed by atoms with Gasteiger partial charge in [0.1, 0.15) is 21.4 Å². The predicted molar refractivity (Wildman–Crippen MR) is 74.4 cm³/mol. The number of Topliss-reactive ketones (excluding diaryl/α,β-unsaturated/α-hetero) is 1. The lowest BCUT2D eigenvalue weighted by atomic mass is 9.89. The molecule has 0 aliphatic rings. The van der Waals surface area contributed by atoms with Crippen molar-refractivity contribution in [2.75, 3.05) is 13.2 Å². The van der Waals surface area contributed by atoms with Crippen LogP contribution in [0.15, 0.2) is 18.2 Å². The van der Waals surface area contributed by atoms with E-state index in [-0.39, 0.29) is 12.4 Å². The summed E-state index contributed by atoms with van der Waals surface area (Å²) in [5.74, 6) is -0.00830. The Morgan fingerprint density at radius 3 is 2.67 bits per heavy atom. The van der Waals surface area contributed by atoms with Crippen LogP contribution >= 0.6 is 0 Å². The number of hydrogen-bond donors (Lipinski definition) is 0. The highest BCUT2D eigenvalue weighted by Crippen LogP contribution is 2.18. The van der Waals surface area contributed by atoms with Crippen LogP contribution in [0.1, 0.15) is 17.3 Å². The zero-order valence-electron chi connectivity index (χ0n) is 11.0. The molecule has 0 aliphatic heterocycles. The summed E-state index contributed by atoms with van der Waals surface area (Å²) < 4.78 is 10.1. The number of carbonyl (C=O) groups excluding carboxylic acids is 2. The Labute approximate surface area is 108 Å². The minimum Gasteiger partial charge on any atom is -0.481 e. The number of hydrogen-bond acceptors (Lipinski definition) is 4. The Bertz CT molecular complexity index is 446. The van der Waals surface area contributed by atoms with E-state index in [1.54, 1.807) is 26.9 Å². The van der Waals surface area contributed by atoms with Gasteiger partial charge in [0, 0.05) is 0 Å². The van der Waals surface area contributed by atoms with Crippen molar-refractivity contribution in [3.8, 4) is 5.75 Å². The summed E-state index contributed by atoms with van der Waals surface area (Å²) >= 11 is 0. The van der Waals surface area contributed by atoms with Crippen LogP contribution in [-0.4, -0.2) is 40.7 Å². The van der Waals surface area contributed by atoms with E-state index in [4.69, 9.17) is 9.47 Å². The highest BCUT2D eigenvalue weighted by molar-refractivity contribution is 6.33. The fourth-order valence-corrected chi connectivity index (χ4v) is 1.52. The molecule has 4 nitrogen and oxygen atoms in total. The molecule has 0 N–H and O–H groups in total. The normalized spacial score (nSPS) is 9.83. The third-order valence-corrected chi connectivity index (χ3v) is 2.41. The highest BCUT2D eigenvalue weighted by Gasteiger charge is 2.12. The van der Waals surface area contributed by atoms with Crippen LogP contribution in [0, 0.1) is 0 Å². The summed E-state index contributed by atoms with van der Waals surface area (Å²) in [5, 5.41) is 0. The molecular weight excluding hydrogens is 230 g/mol. The van der Waals surface area contributed by atoms with Crippen molar-refractivity contribution in [2.45, 2.75) is 13.2 Å². The van der Waals surface area contributed by atoms with Crippen molar-refractivity contribution in [1.82, 2.24) is 0 Å². The molecule has 18 heavy (non-hydrogen) atoms. The smallest absolute Gasteiger partial charge is 0.344 e. The maximum atomic E-state index is 11.8. The molecule has 0 spiro atoms. The Morgan fingerprint density at radius 2 is 2.06 bits per heavy atom. The second-order valence-corrected chi connectivity index (χ2v) is 3.87. The number of esters is 1. The van der Waals surface area contributed by atoms with Crippen LogP contribution in [0.4, 0.5) is 0 Å². The largest absolute Gasteiger partial charge is 0.481 e. The standard InChI is InChI=1S/C12H16B2O4/c1-2-17-12(16)7-18-11-4-3-8(14)5-9(11)10(15)6-13/h3-5H,2,6-7,13-14H2,1H3. The van der Waals surface area contributed by atoms with Crippen molar-refractivity contribution in [2.24, 2.45) is 0 Å². The topological polar surface area (TPSA) is 52.6 Å². The average molecular weight is 246 g/mol. The molecule has 0 amide bonds. The number of carbonyl (C=O) groups is 2. The van der Waals surface area contributed by atoms with Gasteiger partial charge < -0.3 is 9.47 Å². The molecule has 0 unspecified atom stereocenters. The zero-order chi connectivity index (χ0) is 13.5. The van der Waals surface area contributed by atoms with Gasteiger partial charge >= 0.3 is 5.97 Å². The first kappa shape index (κ1) is 14.4. The van der Waals surface area contributed by atoms with Crippen molar-refractivity contribution in [3.05, 3.63) is 23.8 Å². The Morgan fingerprint density at radius 1 is 1.33 bits per heavy atom. The van der Waals surface area contributed by atoms with Crippen LogP contribution in [0.2, 0.25) is 6.32 Å². The third-order valence-electron chi connectivity index (χ3n) is 2.41.